The van der Waals surface area contributed by atoms with E-state index >= 15 is 0 Å². The van der Waals surface area contributed by atoms with Crippen LogP contribution in [-0.4, -0.2) is 49.6 Å². The minimum absolute atomic E-state index is 0.337. The van der Waals surface area contributed by atoms with E-state index in [9.17, 15) is 14.4 Å². The number of aromatic nitrogens is 3. The molecule has 1 aliphatic heterocycles. The Labute approximate surface area is 150 Å². The second-order valence-electron chi connectivity index (χ2n) is 6.46. The molecule has 2 aromatic heterocycles. The second kappa shape index (κ2) is 6.40. The third-order valence-corrected chi connectivity index (χ3v) is 4.90. The topological polar surface area (TPSA) is 109 Å². The summed E-state index contributed by atoms with van der Waals surface area (Å²) >= 11 is 0. The van der Waals surface area contributed by atoms with Gasteiger partial charge >= 0.3 is 6.03 Å². The van der Waals surface area contributed by atoms with Crippen molar-refractivity contribution in [3.05, 3.63) is 18.0 Å². The number of hydrogen-bond donors (Lipinski definition) is 2. The number of nitrogens with zero attached hydrogens (tertiary/aromatic N) is 4. The Kier molecular flexibility index (Phi) is 4.39. The van der Waals surface area contributed by atoms with Gasteiger partial charge in [0.1, 0.15) is 12.1 Å². The van der Waals surface area contributed by atoms with Gasteiger partial charge in [-0.2, -0.15) is 5.10 Å². The number of amides is 4. The highest BCUT2D eigenvalue weighted by Gasteiger charge is 2.49. The minimum Gasteiger partial charge on any atom is -0.323 e. The quantitative estimate of drug-likeness (QED) is 0.784. The van der Waals surface area contributed by atoms with Crippen LogP contribution in [0, 0.1) is 6.92 Å². The van der Waals surface area contributed by atoms with Crippen molar-refractivity contribution in [1.29, 1.82) is 0 Å². The molecule has 138 valence electrons. The number of carbonyl (C=O) groups is 3. The smallest absolute Gasteiger partial charge is 0.323 e. The first-order valence-corrected chi connectivity index (χ1v) is 8.54. The molecule has 0 saturated carbocycles. The molecule has 0 aromatic carbocycles. The van der Waals surface area contributed by atoms with Crippen molar-refractivity contribution in [1.82, 2.24) is 25.0 Å². The normalized spacial score (nSPS) is 16.2. The van der Waals surface area contributed by atoms with Gasteiger partial charge in [-0.25, -0.2) is 9.78 Å². The highest BCUT2D eigenvalue weighted by molar-refractivity contribution is 6.10. The molecule has 1 aliphatic rings. The zero-order valence-corrected chi connectivity index (χ0v) is 15.3. The molecule has 26 heavy (non-hydrogen) atoms. The number of pyridine rings is 1. The van der Waals surface area contributed by atoms with Crippen molar-refractivity contribution in [2.75, 3.05) is 11.9 Å². The van der Waals surface area contributed by atoms with E-state index in [0.29, 0.717) is 24.2 Å². The summed E-state index contributed by atoms with van der Waals surface area (Å²) in [4.78, 5) is 42.3. The Hall–Kier alpha value is -2.97. The van der Waals surface area contributed by atoms with Crippen LogP contribution in [0.3, 0.4) is 0 Å². The summed E-state index contributed by atoms with van der Waals surface area (Å²) in [6, 6.07) is 1.24. The van der Waals surface area contributed by atoms with E-state index in [1.165, 1.54) is 6.20 Å². The summed E-state index contributed by atoms with van der Waals surface area (Å²) in [6.45, 7) is 5.19. The molecule has 0 bridgehead atoms. The lowest BCUT2D eigenvalue weighted by Crippen LogP contribution is -2.46. The standard InChI is InChI=1S/C17H22N6O3/c1-5-17(6-2)15(25)23(16(26)20-17)9-13(24)19-11-7-12-10(3)21-22(4)14(12)18-8-11/h7-8H,5-6,9H2,1-4H3,(H,19,24)(H,20,26). The fourth-order valence-corrected chi connectivity index (χ4v) is 3.27. The number of aryl methyl sites for hydroxylation is 2. The number of fused-ring (bicyclic) bond motifs is 1. The Morgan fingerprint density at radius 1 is 1.31 bits per heavy atom. The lowest BCUT2D eigenvalue weighted by molar-refractivity contribution is -0.134. The van der Waals surface area contributed by atoms with E-state index in [-0.39, 0.29) is 12.5 Å². The van der Waals surface area contributed by atoms with Gasteiger partial charge in [-0.05, 0) is 25.8 Å². The number of imide groups is 1. The third-order valence-electron chi connectivity index (χ3n) is 4.90. The molecule has 4 amide bonds. The average molecular weight is 358 g/mol. The Balaban J connectivity index is 1.74. The number of rotatable bonds is 5. The van der Waals surface area contributed by atoms with Crippen LogP contribution < -0.4 is 10.6 Å². The van der Waals surface area contributed by atoms with E-state index < -0.39 is 17.5 Å². The van der Waals surface area contributed by atoms with Crippen molar-refractivity contribution in [2.24, 2.45) is 7.05 Å². The van der Waals surface area contributed by atoms with Gasteiger partial charge in [0.2, 0.25) is 5.91 Å². The number of anilines is 1. The first kappa shape index (κ1) is 17.8. The molecule has 3 rings (SSSR count). The van der Waals surface area contributed by atoms with E-state index in [1.54, 1.807) is 17.8 Å². The fraction of sp³-hybridized carbons (Fsp3) is 0.471. The maximum atomic E-state index is 12.5. The van der Waals surface area contributed by atoms with E-state index in [0.717, 1.165) is 16.0 Å². The van der Waals surface area contributed by atoms with Crippen molar-refractivity contribution in [3.63, 3.8) is 0 Å². The van der Waals surface area contributed by atoms with Crippen LogP contribution in [0.25, 0.3) is 11.0 Å². The van der Waals surface area contributed by atoms with Gasteiger partial charge in [0.15, 0.2) is 5.65 Å². The SMILES string of the molecule is CCC1(CC)NC(=O)N(CC(=O)Nc2cnc3c(c2)c(C)nn3C)C1=O. The number of nitrogens with one attached hydrogen (secondary N) is 2. The highest BCUT2D eigenvalue weighted by atomic mass is 16.2. The van der Waals surface area contributed by atoms with Gasteiger partial charge < -0.3 is 10.6 Å². The molecule has 0 spiro atoms. The van der Waals surface area contributed by atoms with Crippen molar-refractivity contribution in [3.8, 4) is 0 Å². The molecule has 1 saturated heterocycles. The van der Waals surface area contributed by atoms with Gasteiger partial charge in [0.25, 0.3) is 5.91 Å². The Morgan fingerprint density at radius 3 is 2.62 bits per heavy atom. The van der Waals surface area contributed by atoms with Crippen LogP contribution >= 0.6 is 0 Å². The highest BCUT2D eigenvalue weighted by Crippen LogP contribution is 2.25. The van der Waals surface area contributed by atoms with E-state index in [2.05, 4.69) is 20.7 Å². The fourth-order valence-electron chi connectivity index (χ4n) is 3.27. The largest absolute Gasteiger partial charge is 0.325 e. The monoisotopic (exact) mass is 358 g/mol. The summed E-state index contributed by atoms with van der Waals surface area (Å²) < 4.78 is 1.67. The molecule has 3 heterocycles. The number of hydrogen-bond acceptors (Lipinski definition) is 5. The van der Waals surface area contributed by atoms with Gasteiger partial charge in [0, 0.05) is 12.4 Å². The van der Waals surface area contributed by atoms with Crippen LogP contribution in [-0.2, 0) is 16.6 Å². The summed E-state index contributed by atoms with van der Waals surface area (Å²) in [5, 5.41) is 10.5. The summed E-state index contributed by atoms with van der Waals surface area (Å²) in [5.74, 6) is -0.821. The molecule has 2 aromatic rings. The molecule has 2 N–H and O–H groups in total. The number of urea groups is 1. The zero-order valence-electron chi connectivity index (χ0n) is 15.3. The van der Waals surface area contributed by atoms with Gasteiger partial charge in [0.05, 0.1) is 17.6 Å². The third kappa shape index (κ3) is 2.79. The predicted molar refractivity (Wildman–Crippen MR) is 95.4 cm³/mol. The molecule has 0 unspecified atom stereocenters. The molecule has 0 atom stereocenters. The number of carbonyl (C=O) groups excluding carboxylic acids is 3. The molecule has 0 aliphatic carbocycles. The summed E-state index contributed by atoms with van der Waals surface area (Å²) in [6.07, 6.45) is 2.48. The van der Waals surface area contributed by atoms with Crippen LogP contribution in [0.5, 0.6) is 0 Å². The average Bonchev–Trinajstić information content (AvgIpc) is 3.03. The summed E-state index contributed by atoms with van der Waals surface area (Å²) in [5.41, 5.74) is 1.09. The van der Waals surface area contributed by atoms with Gasteiger partial charge in [-0.1, -0.05) is 13.8 Å². The first-order chi connectivity index (χ1) is 12.3. The zero-order chi connectivity index (χ0) is 19.1. The molecule has 1 fully saturated rings. The van der Waals surface area contributed by atoms with Crippen molar-refractivity contribution < 1.29 is 14.4 Å². The minimum atomic E-state index is -0.912. The Bertz CT molecular complexity index is 899. The van der Waals surface area contributed by atoms with E-state index in [4.69, 9.17) is 0 Å². The molecular formula is C17H22N6O3. The van der Waals surface area contributed by atoms with Gasteiger partial charge in [-0.3, -0.25) is 19.2 Å². The molecular weight excluding hydrogens is 336 g/mol. The molecule has 0 radical (unpaired) electrons. The second-order valence-corrected chi connectivity index (χ2v) is 6.46. The van der Waals surface area contributed by atoms with E-state index in [1.807, 2.05) is 20.8 Å². The molecule has 9 nitrogen and oxygen atoms in total. The van der Waals surface area contributed by atoms with Crippen molar-refractivity contribution >= 4 is 34.6 Å². The van der Waals surface area contributed by atoms with Crippen LogP contribution in [0.1, 0.15) is 32.4 Å². The summed E-state index contributed by atoms with van der Waals surface area (Å²) in [7, 11) is 1.80. The lowest BCUT2D eigenvalue weighted by atomic mass is 9.93. The molecule has 9 heteroatoms. The van der Waals surface area contributed by atoms with Crippen LogP contribution in [0.2, 0.25) is 0 Å². The Morgan fingerprint density at radius 2 is 2.00 bits per heavy atom. The maximum absolute atomic E-state index is 12.5. The first-order valence-electron chi connectivity index (χ1n) is 8.54. The van der Waals surface area contributed by atoms with Crippen molar-refractivity contribution in [2.45, 2.75) is 39.2 Å². The predicted octanol–water partition coefficient (Wildman–Crippen LogP) is 1.33. The van der Waals surface area contributed by atoms with Gasteiger partial charge in [-0.15, -0.1) is 0 Å². The van der Waals surface area contributed by atoms with Crippen LogP contribution in [0.4, 0.5) is 10.5 Å². The van der Waals surface area contributed by atoms with Crippen LogP contribution in [0.15, 0.2) is 12.3 Å². The lowest BCUT2D eigenvalue weighted by Gasteiger charge is -2.22. The maximum Gasteiger partial charge on any atom is 0.325 e.